The first-order valence-electron chi connectivity index (χ1n) is 8.39. The Morgan fingerprint density at radius 1 is 1.07 bits per heavy atom. The molecule has 2 N–H and O–H groups in total. The lowest BCUT2D eigenvalue weighted by molar-refractivity contribution is -0.119. The number of hydrogen-bond acceptors (Lipinski definition) is 4. The number of rotatable bonds is 3. The number of nitriles is 1. The van der Waals surface area contributed by atoms with Crippen LogP contribution >= 0.6 is 0 Å². The Balaban J connectivity index is 1.91. The third-order valence-corrected chi connectivity index (χ3v) is 4.73. The third-order valence-electron chi connectivity index (χ3n) is 4.73. The van der Waals surface area contributed by atoms with E-state index in [1.54, 1.807) is 43.5 Å². The van der Waals surface area contributed by atoms with Gasteiger partial charge in [0.05, 0.1) is 24.4 Å². The number of ether oxygens (including phenoxy) is 1. The summed E-state index contributed by atoms with van der Waals surface area (Å²) in [5, 5.41) is 15.2. The van der Waals surface area contributed by atoms with Gasteiger partial charge in [-0.1, -0.05) is 30.3 Å². The summed E-state index contributed by atoms with van der Waals surface area (Å²) in [5.41, 5.74) is 1.43. The molecule has 0 spiro atoms. The number of nitrogens with zero attached hydrogens (tertiary/aromatic N) is 2. The van der Waals surface area contributed by atoms with Crippen LogP contribution in [0.5, 0.6) is 5.75 Å². The van der Waals surface area contributed by atoms with Crippen molar-refractivity contribution in [1.82, 2.24) is 9.78 Å². The van der Waals surface area contributed by atoms with Crippen molar-refractivity contribution < 1.29 is 9.53 Å². The average Bonchev–Trinajstić information content (AvgIpc) is 3.03. The lowest BCUT2D eigenvalue weighted by Crippen LogP contribution is -2.35. The fourth-order valence-corrected chi connectivity index (χ4v) is 3.42. The maximum atomic E-state index is 13.1. The van der Waals surface area contributed by atoms with Crippen LogP contribution in [-0.2, 0) is 4.79 Å². The summed E-state index contributed by atoms with van der Waals surface area (Å²) in [7, 11) is 1.56. The van der Waals surface area contributed by atoms with Crippen LogP contribution in [0.4, 0.5) is 5.82 Å². The number of para-hydroxylation sites is 1. The molecule has 0 fully saturated rings. The number of hydrogen-bond donors (Lipinski definition) is 2. The van der Waals surface area contributed by atoms with Crippen molar-refractivity contribution in [3.05, 3.63) is 76.1 Å². The monoisotopic (exact) mass is 360 g/mol. The molecule has 1 aliphatic heterocycles. The first-order chi connectivity index (χ1) is 13.1. The number of aromatic nitrogens is 2. The molecule has 0 radical (unpaired) electrons. The molecular formula is C20H16N4O3. The Morgan fingerprint density at radius 2 is 1.78 bits per heavy atom. The lowest BCUT2D eigenvalue weighted by Gasteiger charge is -2.26. The number of anilines is 1. The fourth-order valence-electron chi connectivity index (χ4n) is 3.42. The van der Waals surface area contributed by atoms with Crippen LogP contribution in [0.1, 0.15) is 17.0 Å². The van der Waals surface area contributed by atoms with Gasteiger partial charge in [0.15, 0.2) is 0 Å². The normalized spacial score (nSPS) is 18.3. The molecule has 1 amide bonds. The molecule has 1 aliphatic rings. The molecule has 0 bridgehead atoms. The highest BCUT2D eigenvalue weighted by Crippen LogP contribution is 2.38. The number of carbonyl (C=O) groups excluding carboxylic acids is 1. The lowest BCUT2D eigenvalue weighted by atomic mass is 9.79. The highest BCUT2D eigenvalue weighted by molar-refractivity contribution is 5.97. The first kappa shape index (κ1) is 16.7. The highest BCUT2D eigenvalue weighted by atomic mass is 16.5. The quantitative estimate of drug-likeness (QED) is 0.749. The van der Waals surface area contributed by atoms with Gasteiger partial charge in [-0.3, -0.25) is 14.7 Å². The number of carbonyl (C=O) groups is 1. The van der Waals surface area contributed by atoms with Crippen molar-refractivity contribution in [3.63, 3.8) is 0 Å². The van der Waals surface area contributed by atoms with Gasteiger partial charge < -0.3 is 10.1 Å². The Hall–Kier alpha value is -3.79. The third kappa shape index (κ3) is 2.68. The molecule has 2 atom stereocenters. The van der Waals surface area contributed by atoms with Gasteiger partial charge in [0.25, 0.3) is 5.56 Å². The minimum atomic E-state index is -1.00. The van der Waals surface area contributed by atoms with Crippen molar-refractivity contribution in [3.8, 4) is 17.5 Å². The zero-order valence-electron chi connectivity index (χ0n) is 14.5. The van der Waals surface area contributed by atoms with Crippen LogP contribution in [0, 0.1) is 17.2 Å². The van der Waals surface area contributed by atoms with E-state index in [1.165, 1.54) is 4.68 Å². The van der Waals surface area contributed by atoms with Gasteiger partial charge in [-0.2, -0.15) is 5.26 Å². The van der Waals surface area contributed by atoms with Crippen LogP contribution in [0.15, 0.2) is 59.4 Å². The number of nitrogens with one attached hydrogen (secondary N) is 2. The topological polar surface area (TPSA) is 99.9 Å². The zero-order chi connectivity index (χ0) is 19.0. The summed E-state index contributed by atoms with van der Waals surface area (Å²) in [6, 6.07) is 18.1. The van der Waals surface area contributed by atoms with E-state index in [4.69, 9.17) is 4.74 Å². The van der Waals surface area contributed by atoms with Crippen molar-refractivity contribution >= 4 is 11.7 Å². The van der Waals surface area contributed by atoms with Crippen LogP contribution in [0.25, 0.3) is 5.69 Å². The van der Waals surface area contributed by atoms with Gasteiger partial charge in [-0.25, -0.2) is 4.68 Å². The summed E-state index contributed by atoms with van der Waals surface area (Å²) in [5.74, 6) is -1.13. The van der Waals surface area contributed by atoms with Gasteiger partial charge in [-0.05, 0) is 29.8 Å². The number of fused-ring (bicyclic) bond motifs is 1. The minimum Gasteiger partial charge on any atom is -0.497 e. The largest absolute Gasteiger partial charge is 0.497 e. The molecule has 0 saturated carbocycles. The van der Waals surface area contributed by atoms with Crippen LogP contribution in [0.3, 0.4) is 0 Å². The van der Waals surface area contributed by atoms with E-state index in [9.17, 15) is 14.9 Å². The van der Waals surface area contributed by atoms with E-state index >= 15 is 0 Å². The van der Waals surface area contributed by atoms with E-state index in [-0.39, 0.29) is 5.56 Å². The molecule has 7 heteroatoms. The highest BCUT2D eigenvalue weighted by Gasteiger charge is 2.41. The molecule has 0 saturated heterocycles. The minimum absolute atomic E-state index is 0.294. The summed E-state index contributed by atoms with van der Waals surface area (Å²) in [6.07, 6.45) is 0. The molecule has 3 aromatic rings. The number of aromatic amines is 1. The van der Waals surface area contributed by atoms with E-state index < -0.39 is 17.7 Å². The molecule has 2 unspecified atom stereocenters. The first-order valence-corrected chi connectivity index (χ1v) is 8.39. The predicted molar refractivity (Wildman–Crippen MR) is 99.0 cm³/mol. The number of H-pyrrole nitrogens is 1. The van der Waals surface area contributed by atoms with Gasteiger partial charge in [-0.15, -0.1) is 0 Å². The van der Waals surface area contributed by atoms with E-state index in [1.807, 2.05) is 24.3 Å². The molecule has 27 heavy (non-hydrogen) atoms. The summed E-state index contributed by atoms with van der Waals surface area (Å²) < 4.78 is 6.55. The smallest absolute Gasteiger partial charge is 0.277 e. The summed E-state index contributed by atoms with van der Waals surface area (Å²) in [6.45, 7) is 0. The molecule has 2 heterocycles. The standard InChI is InChI=1S/C20H16N4O3/c1-27-14-9-7-12(8-10-14)16-15(11-21)19(25)22-18-17(16)20(26)24(23-18)13-5-3-2-4-6-13/h2-10,15-16,23H,1H3,(H,22,25). The maximum Gasteiger partial charge on any atom is 0.277 e. The maximum absolute atomic E-state index is 13.1. The second-order valence-electron chi connectivity index (χ2n) is 6.22. The Morgan fingerprint density at radius 3 is 2.41 bits per heavy atom. The Labute approximate surface area is 154 Å². The summed E-state index contributed by atoms with van der Waals surface area (Å²) >= 11 is 0. The van der Waals surface area contributed by atoms with E-state index in [0.29, 0.717) is 28.4 Å². The van der Waals surface area contributed by atoms with Crippen molar-refractivity contribution in [2.45, 2.75) is 5.92 Å². The van der Waals surface area contributed by atoms with Crippen molar-refractivity contribution in [1.29, 1.82) is 5.26 Å². The van der Waals surface area contributed by atoms with Crippen LogP contribution in [0.2, 0.25) is 0 Å². The number of methoxy groups -OCH3 is 1. The molecule has 1 aromatic heterocycles. The van der Waals surface area contributed by atoms with Gasteiger partial charge >= 0.3 is 0 Å². The van der Waals surface area contributed by atoms with E-state index in [2.05, 4.69) is 10.4 Å². The van der Waals surface area contributed by atoms with Gasteiger partial charge in [0.2, 0.25) is 5.91 Å². The second kappa shape index (κ2) is 6.50. The van der Waals surface area contributed by atoms with Crippen molar-refractivity contribution in [2.75, 3.05) is 12.4 Å². The predicted octanol–water partition coefficient (Wildman–Crippen LogP) is 2.40. The SMILES string of the molecule is COc1ccc(C2c3c([nH]n(-c4ccccc4)c3=O)NC(=O)C2C#N)cc1. The molecule has 0 aliphatic carbocycles. The molecule has 4 rings (SSSR count). The molecule has 7 nitrogen and oxygen atoms in total. The van der Waals surface area contributed by atoms with Crippen LogP contribution in [-0.4, -0.2) is 22.8 Å². The average molecular weight is 360 g/mol. The number of benzene rings is 2. The number of amides is 1. The van der Waals surface area contributed by atoms with Crippen molar-refractivity contribution in [2.24, 2.45) is 5.92 Å². The molecule has 134 valence electrons. The fraction of sp³-hybridized carbons (Fsp3) is 0.150. The molecular weight excluding hydrogens is 344 g/mol. The summed E-state index contributed by atoms with van der Waals surface area (Å²) in [4.78, 5) is 25.6. The Bertz CT molecular complexity index is 1090. The van der Waals surface area contributed by atoms with Gasteiger partial charge in [0.1, 0.15) is 17.5 Å². The Kier molecular flexibility index (Phi) is 4.01. The molecule has 2 aromatic carbocycles. The van der Waals surface area contributed by atoms with E-state index in [0.717, 1.165) is 0 Å². The van der Waals surface area contributed by atoms with Crippen LogP contribution < -0.4 is 15.6 Å². The van der Waals surface area contributed by atoms with Gasteiger partial charge in [0, 0.05) is 5.92 Å². The second-order valence-corrected chi connectivity index (χ2v) is 6.22. The zero-order valence-corrected chi connectivity index (χ0v) is 14.5.